The maximum atomic E-state index is 5.45. The molecule has 3 rings (SSSR count). The van der Waals surface area contributed by atoms with E-state index in [0.717, 1.165) is 42.3 Å². The van der Waals surface area contributed by atoms with Crippen LogP contribution in [0.4, 0.5) is 0 Å². The highest BCUT2D eigenvalue weighted by atomic mass is 16.7. The van der Waals surface area contributed by atoms with Crippen molar-refractivity contribution in [3.05, 3.63) is 47.9 Å². The van der Waals surface area contributed by atoms with E-state index < -0.39 is 0 Å². The molecule has 0 aliphatic carbocycles. The Kier molecular flexibility index (Phi) is 3.19. The van der Waals surface area contributed by atoms with Crippen molar-refractivity contribution in [1.29, 1.82) is 0 Å². The second kappa shape index (κ2) is 5.14. The zero-order valence-electron chi connectivity index (χ0n) is 10.0. The van der Waals surface area contributed by atoms with Crippen molar-refractivity contribution in [3.63, 3.8) is 0 Å². The lowest BCUT2D eigenvalue weighted by Gasteiger charge is -2.06. The van der Waals surface area contributed by atoms with E-state index in [1.165, 1.54) is 0 Å². The number of fused-ring (bicyclic) bond motifs is 1. The van der Waals surface area contributed by atoms with Crippen molar-refractivity contribution in [2.75, 3.05) is 13.3 Å². The van der Waals surface area contributed by atoms with Crippen LogP contribution < -0.4 is 14.8 Å². The summed E-state index contributed by atoms with van der Waals surface area (Å²) < 4.78 is 16.1. The molecule has 18 heavy (non-hydrogen) atoms. The fourth-order valence-corrected chi connectivity index (χ4v) is 2.02. The molecule has 0 saturated carbocycles. The minimum atomic E-state index is 0.318. The molecular formula is C14H15NO3. The molecule has 0 atom stereocenters. The summed E-state index contributed by atoms with van der Waals surface area (Å²) in [6.07, 6.45) is 2.59. The molecule has 4 nitrogen and oxygen atoms in total. The normalized spacial score (nSPS) is 12.9. The first-order valence-electron chi connectivity index (χ1n) is 6.04. The average Bonchev–Trinajstić information content (AvgIpc) is 3.05. The highest BCUT2D eigenvalue weighted by Crippen LogP contribution is 2.35. The summed E-state index contributed by atoms with van der Waals surface area (Å²) in [6.45, 7) is 1.96. The lowest BCUT2D eigenvalue weighted by atomic mass is 10.2. The van der Waals surface area contributed by atoms with Crippen molar-refractivity contribution in [3.8, 4) is 11.5 Å². The minimum Gasteiger partial charge on any atom is -0.469 e. The topological polar surface area (TPSA) is 43.6 Å². The number of hydrogen-bond acceptors (Lipinski definition) is 4. The van der Waals surface area contributed by atoms with Gasteiger partial charge in [0, 0.05) is 25.1 Å². The number of ether oxygens (including phenoxy) is 2. The molecule has 94 valence electrons. The molecule has 4 heteroatoms. The van der Waals surface area contributed by atoms with Crippen molar-refractivity contribution >= 4 is 0 Å². The van der Waals surface area contributed by atoms with Gasteiger partial charge in [-0.05, 0) is 18.2 Å². The Labute approximate surface area is 106 Å². The van der Waals surface area contributed by atoms with Crippen LogP contribution in [0.5, 0.6) is 11.5 Å². The lowest BCUT2D eigenvalue weighted by Crippen LogP contribution is -2.16. The number of furan rings is 1. The number of rotatable bonds is 5. The van der Waals surface area contributed by atoms with Crippen LogP contribution >= 0.6 is 0 Å². The highest BCUT2D eigenvalue weighted by Gasteiger charge is 2.16. The Bertz CT molecular complexity index is 508. The van der Waals surface area contributed by atoms with Gasteiger partial charge in [-0.3, -0.25) is 0 Å². The van der Waals surface area contributed by atoms with Crippen molar-refractivity contribution in [1.82, 2.24) is 5.32 Å². The van der Waals surface area contributed by atoms with Gasteiger partial charge in [-0.2, -0.15) is 0 Å². The van der Waals surface area contributed by atoms with Crippen molar-refractivity contribution in [2.45, 2.75) is 13.0 Å². The second-order valence-electron chi connectivity index (χ2n) is 4.16. The summed E-state index contributed by atoms with van der Waals surface area (Å²) in [6, 6.07) is 9.85. The maximum absolute atomic E-state index is 5.45. The first kappa shape index (κ1) is 11.2. The molecule has 1 aromatic carbocycles. The summed E-state index contributed by atoms with van der Waals surface area (Å²) in [5.74, 6) is 2.70. The summed E-state index contributed by atoms with van der Waals surface area (Å²) in [7, 11) is 0. The Morgan fingerprint density at radius 1 is 1.11 bits per heavy atom. The van der Waals surface area contributed by atoms with E-state index in [2.05, 4.69) is 5.32 Å². The molecule has 1 aliphatic rings. The van der Waals surface area contributed by atoms with Gasteiger partial charge in [-0.25, -0.2) is 0 Å². The fourth-order valence-electron chi connectivity index (χ4n) is 2.02. The van der Waals surface area contributed by atoms with Crippen molar-refractivity contribution in [2.24, 2.45) is 0 Å². The standard InChI is InChI=1S/C14H15NO3/c1-3-11(14-13(5-1)17-10-18-14)9-15-7-6-12-4-2-8-16-12/h1-5,8,15H,6-7,9-10H2. The highest BCUT2D eigenvalue weighted by molar-refractivity contribution is 5.48. The lowest BCUT2D eigenvalue weighted by molar-refractivity contribution is 0.173. The van der Waals surface area contributed by atoms with Gasteiger partial charge in [-0.15, -0.1) is 0 Å². The molecule has 1 aromatic heterocycles. The summed E-state index contributed by atoms with van der Waals surface area (Å²) in [5, 5.41) is 3.37. The molecular weight excluding hydrogens is 230 g/mol. The Balaban J connectivity index is 1.53. The van der Waals surface area contributed by atoms with Crippen molar-refractivity contribution < 1.29 is 13.9 Å². The van der Waals surface area contributed by atoms with Crippen LogP contribution in [0.25, 0.3) is 0 Å². The average molecular weight is 245 g/mol. The fraction of sp³-hybridized carbons (Fsp3) is 0.286. The van der Waals surface area contributed by atoms with Gasteiger partial charge in [0.15, 0.2) is 11.5 Å². The first-order chi connectivity index (χ1) is 8.93. The number of hydrogen-bond donors (Lipinski definition) is 1. The molecule has 0 spiro atoms. The zero-order valence-corrected chi connectivity index (χ0v) is 10.0. The van der Waals surface area contributed by atoms with E-state index in [1.54, 1.807) is 6.26 Å². The molecule has 0 bridgehead atoms. The molecule has 1 aliphatic heterocycles. The zero-order chi connectivity index (χ0) is 12.2. The van der Waals surface area contributed by atoms with Gasteiger partial charge in [0.25, 0.3) is 0 Å². The van der Waals surface area contributed by atoms with Gasteiger partial charge in [0.05, 0.1) is 6.26 Å². The molecule has 0 amide bonds. The number of benzene rings is 1. The van der Waals surface area contributed by atoms with Crippen LogP contribution in [0.2, 0.25) is 0 Å². The summed E-state index contributed by atoms with van der Waals surface area (Å²) in [4.78, 5) is 0. The van der Waals surface area contributed by atoms with E-state index in [-0.39, 0.29) is 0 Å². The largest absolute Gasteiger partial charge is 0.469 e. The van der Waals surface area contributed by atoms with Crippen LogP contribution in [0, 0.1) is 0 Å². The molecule has 0 radical (unpaired) electrons. The molecule has 0 fully saturated rings. The quantitative estimate of drug-likeness (QED) is 0.821. The van der Waals surface area contributed by atoms with Gasteiger partial charge in [-0.1, -0.05) is 12.1 Å². The second-order valence-corrected chi connectivity index (χ2v) is 4.16. The number of para-hydroxylation sites is 1. The van der Waals surface area contributed by atoms with Gasteiger partial charge < -0.3 is 19.2 Å². The van der Waals surface area contributed by atoms with E-state index in [9.17, 15) is 0 Å². The minimum absolute atomic E-state index is 0.318. The third kappa shape index (κ3) is 2.33. The predicted octanol–water partition coefficient (Wildman–Crippen LogP) is 2.34. The predicted molar refractivity (Wildman–Crippen MR) is 66.7 cm³/mol. The molecule has 2 heterocycles. The summed E-state index contributed by atoms with van der Waals surface area (Å²) in [5.41, 5.74) is 1.13. The van der Waals surface area contributed by atoms with Crippen LogP contribution in [0.1, 0.15) is 11.3 Å². The smallest absolute Gasteiger partial charge is 0.231 e. The van der Waals surface area contributed by atoms with Crippen LogP contribution in [-0.4, -0.2) is 13.3 Å². The Morgan fingerprint density at radius 3 is 3.00 bits per heavy atom. The SMILES string of the molecule is c1coc(CCNCc2cccc3c2OCO3)c1. The van der Waals surface area contributed by atoms with E-state index in [4.69, 9.17) is 13.9 Å². The van der Waals surface area contributed by atoms with E-state index in [1.807, 2.05) is 30.3 Å². The van der Waals surface area contributed by atoms with Crippen LogP contribution in [0.15, 0.2) is 41.0 Å². The first-order valence-corrected chi connectivity index (χ1v) is 6.04. The van der Waals surface area contributed by atoms with Crippen LogP contribution in [-0.2, 0) is 13.0 Å². The van der Waals surface area contributed by atoms with Gasteiger partial charge in [0.2, 0.25) is 6.79 Å². The molecule has 0 unspecified atom stereocenters. The van der Waals surface area contributed by atoms with E-state index >= 15 is 0 Å². The number of nitrogens with one attached hydrogen (secondary N) is 1. The molecule has 2 aromatic rings. The van der Waals surface area contributed by atoms with Gasteiger partial charge >= 0.3 is 0 Å². The van der Waals surface area contributed by atoms with Crippen LogP contribution in [0.3, 0.4) is 0 Å². The Morgan fingerprint density at radius 2 is 2.11 bits per heavy atom. The monoisotopic (exact) mass is 245 g/mol. The molecule has 1 N–H and O–H groups in total. The maximum Gasteiger partial charge on any atom is 0.231 e. The molecule has 0 saturated heterocycles. The van der Waals surface area contributed by atoms with E-state index in [0.29, 0.717) is 6.79 Å². The third-order valence-corrected chi connectivity index (χ3v) is 2.92. The van der Waals surface area contributed by atoms with Gasteiger partial charge in [0.1, 0.15) is 5.76 Å². The third-order valence-electron chi connectivity index (χ3n) is 2.92. The Hall–Kier alpha value is -1.94. The summed E-state index contributed by atoms with van der Waals surface area (Å²) >= 11 is 0.